The van der Waals surface area contributed by atoms with E-state index in [4.69, 9.17) is 4.74 Å². The van der Waals surface area contributed by atoms with E-state index in [1.165, 1.54) is 0 Å². The second-order valence-electron chi connectivity index (χ2n) is 4.90. The molecule has 18 heavy (non-hydrogen) atoms. The summed E-state index contributed by atoms with van der Waals surface area (Å²) in [4.78, 5) is 13.7. The van der Waals surface area contributed by atoms with E-state index >= 15 is 0 Å². The van der Waals surface area contributed by atoms with Crippen molar-refractivity contribution in [1.29, 1.82) is 0 Å². The van der Waals surface area contributed by atoms with Crippen molar-refractivity contribution in [3.8, 4) is 5.75 Å². The Kier molecular flexibility index (Phi) is 3.87. The molecule has 1 aliphatic rings. The van der Waals surface area contributed by atoms with Gasteiger partial charge in [0.15, 0.2) is 0 Å². The van der Waals surface area contributed by atoms with E-state index in [1.54, 1.807) is 7.11 Å². The van der Waals surface area contributed by atoms with Crippen LogP contribution in [0.15, 0.2) is 24.3 Å². The number of methoxy groups -OCH3 is 1. The third kappa shape index (κ3) is 2.64. The quantitative estimate of drug-likeness (QED) is 0.884. The molecular weight excluding hydrogens is 230 g/mol. The summed E-state index contributed by atoms with van der Waals surface area (Å²) >= 11 is 0. The zero-order valence-electron chi connectivity index (χ0n) is 10.8. The number of carboxylic acids is 1. The minimum absolute atomic E-state index is 0.180. The zero-order valence-corrected chi connectivity index (χ0v) is 10.8. The number of likely N-dealkylation sites (tertiary alicyclic amines) is 1. The predicted molar refractivity (Wildman–Crippen MR) is 69.0 cm³/mol. The lowest BCUT2D eigenvalue weighted by Crippen LogP contribution is -2.24. The molecule has 4 nitrogen and oxygen atoms in total. The van der Waals surface area contributed by atoms with Gasteiger partial charge in [0.2, 0.25) is 0 Å². The van der Waals surface area contributed by atoms with Crippen LogP contribution in [0.2, 0.25) is 0 Å². The summed E-state index contributed by atoms with van der Waals surface area (Å²) in [6.07, 6.45) is 0.935. The fraction of sp³-hybridized carbons (Fsp3) is 0.500. The molecular formula is C14H19NO3. The highest BCUT2D eigenvalue weighted by Crippen LogP contribution is 2.33. The molecule has 0 aromatic heterocycles. The van der Waals surface area contributed by atoms with Gasteiger partial charge in [0.1, 0.15) is 5.75 Å². The fourth-order valence-corrected chi connectivity index (χ4v) is 2.69. The monoisotopic (exact) mass is 249 g/mol. The topological polar surface area (TPSA) is 49.8 Å². The van der Waals surface area contributed by atoms with Crippen LogP contribution in [0.3, 0.4) is 0 Å². The van der Waals surface area contributed by atoms with Gasteiger partial charge in [0.05, 0.1) is 13.0 Å². The van der Waals surface area contributed by atoms with Crippen LogP contribution in [0.25, 0.3) is 0 Å². The Labute approximate surface area is 107 Å². The van der Waals surface area contributed by atoms with Crippen molar-refractivity contribution in [2.75, 3.05) is 27.2 Å². The summed E-state index contributed by atoms with van der Waals surface area (Å²) in [5.74, 6) is -0.293. The molecule has 0 bridgehead atoms. The van der Waals surface area contributed by atoms with E-state index in [-0.39, 0.29) is 5.92 Å². The van der Waals surface area contributed by atoms with E-state index < -0.39 is 11.9 Å². The third-order valence-corrected chi connectivity index (χ3v) is 3.62. The highest BCUT2D eigenvalue weighted by molar-refractivity contribution is 5.76. The van der Waals surface area contributed by atoms with E-state index in [2.05, 4.69) is 4.90 Å². The summed E-state index contributed by atoms with van der Waals surface area (Å²) in [7, 11) is 3.63. The second-order valence-corrected chi connectivity index (χ2v) is 4.90. The average Bonchev–Trinajstić information content (AvgIpc) is 2.75. The molecule has 1 saturated heterocycles. The lowest BCUT2D eigenvalue weighted by molar-refractivity contribution is -0.140. The largest absolute Gasteiger partial charge is 0.497 e. The van der Waals surface area contributed by atoms with Gasteiger partial charge in [-0.2, -0.15) is 0 Å². The first-order valence-electron chi connectivity index (χ1n) is 6.17. The van der Waals surface area contributed by atoms with Crippen molar-refractivity contribution in [1.82, 2.24) is 4.90 Å². The first kappa shape index (κ1) is 12.9. The lowest BCUT2D eigenvalue weighted by atomic mass is 9.85. The highest BCUT2D eigenvalue weighted by Gasteiger charge is 2.33. The number of rotatable bonds is 4. The molecule has 0 amide bonds. The minimum atomic E-state index is -0.747. The minimum Gasteiger partial charge on any atom is -0.497 e. The maximum Gasteiger partial charge on any atom is 0.311 e. The summed E-state index contributed by atoms with van der Waals surface area (Å²) in [5, 5.41) is 9.48. The van der Waals surface area contributed by atoms with Crippen molar-refractivity contribution in [2.24, 2.45) is 5.92 Å². The summed E-state index contributed by atoms with van der Waals surface area (Å²) < 4.78 is 5.17. The van der Waals surface area contributed by atoms with E-state index in [1.807, 2.05) is 31.3 Å². The molecule has 4 heteroatoms. The number of carbonyl (C=O) groups is 1. The Bertz CT molecular complexity index is 433. The molecule has 0 radical (unpaired) electrons. The van der Waals surface area contributed by atoms with Gasteiger partial charge < -0.3 is 14.7 Å². The van der Waals surface area contributed by atoms with Crippen LogP contribution in [-0.2, 0) is 4.79 Å². The fourth-order valence-electron chi connectivity index (χ4n) is 2.69. The number of aliphatic carboxylic acids is 1. The Hall–Kier alpha value is -1.55. The molecule has 1 N–H and O–H groups in total. The van der Waals surface area contributed by atoms with Crippen LogP contribution in [0, 0.1) is 5.92 Å². The standard InChI is InChI=1S/C14H19NO3/c1-15-7-6-11(9-15)13(14(16)17)10-4-3-5-12(8-10)18-2/h3-5,8,11,13H,6-7,9H2,1-2H3,(H,16,17). The first-order chi connectivity index (χ1) is 8.61. The lowest BCUT2D eigenvalue weighted by Gasteiger charge is -2.20. The SMILES string of the molecule is COc1cccc(C(C(=O)O)C2CCN(C)C2)c1. The summed E-state index contributed by atoms with van der Waals surface area (Å²) in [6.45, 7) is 1.81. The van der Waals surface area contributed by atoms with Gasteiger partial charge in [0.25, 0.3) is 0 Å². The van der Waals surface area contributed by atoms with Crippen LogP contribution in [0.5, 0.6) is 5.75 Å². The molecule has 2 rings (SSSR count). The van der Waals surface area contributed by atoms with Crippen LogP contribution < -0.4 is 4.74 Å². The number of nitrogens with zero attached hydrogens (tertiary/aromatic N) is 1. The van der Waals surface area contributed by atoms with Crippen LogP contribution >= 0.6 is 0 Å². The third-order valence-electron chi connectivity index (χ3n) is 3.62. The van der Waals surface area contributed by atoms with Crippen LogP contribution in [0.1, 0.15) is 17.9 Å². The molecule has 1 aromatic rings. The van der Waals surface area contributed by atoms with E-state index in [0.29, 0.717) is 5.75 Å². The number of benzene rings is 1. The van der Waals surface area contributed by atoms with Gasteiger partial charge in [-0.15, -0.1) is 0 Å². The Morgan fingerprint density at radius 1 is 1.56 bits per heavy atom. The van der Waals surface area contributed by atoms with Gasteiger partial charge >= 0.3 is 5.97 Å². The highest BCUT2D eigenvalue weighted by atomic mass is 16.5. The number of hydrogen-bond donors (Lipinski definition) is 1. The molecule has 0 spiro atoms. The second kappa shape index (κ2) is 5.40. The Morgan fingerprint density at radius 2 is 2.33 bits per heavy atom. The molecule has 1 heterocycles. The number of ether oxygens (including phenoxy) is 1. The van der Waals surface area contributed by atoms with Gasteiger partial charge in [-0.1, -0.05) is 12.1 Å². The van der Waals surface area contributed by atoms with Crippen molar-refractivity contribution in [3.05, 3.63) is 29.8 Å². The van der Waals surface area contributed by atoms with Crippen molar-refractivity contribution >= 4 is 5.97 Å². The Morgan fingerprint density at radius 3 is 2.89 bits per heavy atom. The smallest absolute Gasteiger partial charge is 0.311 e. The predicted octanol–water partition coefficient (Wildman–Crippen LogP) is 1.82. The maximum atomic E-state index is 11.5. The first-order valence-corrected chi connectivity index (χ1v) is 6.17. The van der Waals surface area contributed by atoms with Crippen LogP contribution in [-0.4, -0.2) is 43.2 Å². The van der Waals surface area contributed by atoms with E-state index in [9.17, 15) is 9.90 Å². The molecule has 98 valence electrons. The molecule has 1 aliphatic heterocycles. The zero-order chi connectivity index (χ0) is 13.1. The number of carboxylic acid groups (broad SMARTS) is 1. The Balaban J connectivity index is 2.26. The molecule has 1 aromatic carbocycles. The van der Waals surface area contributed by atoms with E-state index in [0.717, 1.165) is 25.1 Å². The summed E-state index contributed by atoms with van der Waals surface area (Å²) in [6, 6.07) is 7.39. The molecule has 1 fully saturated rings. The molecule has 0 saturated carbocycles. The molecule has 2 unspecified atom stereocenters. The molecule has 2 atom stereocenters. The maximum absolute atomic E-state index is 11.5. The van der Waals surface area contributed by atoms with Gasteiger partial charge in [-0.05, 0) is 43.6 Å². The normalized spacial score (nSPS) is 21.8. The number of hydrogen-bond acceptors (Lipinski definition) is 3. The van der Waals surface area contributed by atoms with Crippen LogP contribution in [0.4, 0.5) is 0 Å². The van der Waals surface area contributed by atoms with Gasteiger partial charge in [-0.3, -0.25) is 4.79 Å². The van der Waals surface area contributed by atoms with Gasteiger partial charge in [0, 0.05) is 6.54 Å². The summed E-state index contributed by atoms with van der Waals surface area (Å²) in [5.41, 5.74) is 0.835. The average molecular weight is 249 g/mol. The van der Waals surface area contributed by atoms with Crippen molar-refractivity contribution < 1.29 is 14.6 Å². The molecule has 0 aliphatic carbocycles. The van der Waals surface area contributed by atoms with Crippen molar-refractivity contribution in [2.45, 2.75) is 12.3 Å². The van der Waals surface area contributed by atoms with Gasteiger partial charge in [-0.25, -0.2) is 0 Å². The van der Waals surface area contributed by atoms with Crippen molar-refractivity contribution in [3.63, 3.8) is 0 Å².